The molecule has 0 saturated carbocycles. The number of carbonyl (C=O) groups excluding carboxylic acids is 1. The molecule has 0 aliphatic carbocycles. The van der Waals surface area contributed by atoms with Crippen LogP contribution in [0.3, 0.4) is 0 Å². The van der Waals surface area contributed by atoms with Crippen LogP contribution in [0.25, 0.3) is 6.08 Å². The van der Waals surface area contributed by atoms with Crippen LogP contribution in [0.4, 0.5) is 0 Å². The van der Waals surface area contributed by atoms with Crippen LogP contribution in [-0.2, 0) is 11.4 Å². The smallest absolute Gasteiger partial charge is 0.286 e. The van der Waals surface area contributed by atoms with Crippen LogP contribution >= 0.6 is 23.4 Å². The molecular formula is C18H15ClN2O3S. The Morgan fingerprint density at radius 3 is 2.72 bits per heavy atom. The summed E-state index contributed by atoms with van der Waals surface area (Å²) in [6.45, 7) is 0.305. The summed E-state index contributed by atoms with van der Waals surface area (Å²) < 4.78 is 11.2. The SMILES string of the molecule is COc1ccc(/C=C2/SC(N)=NC2=O)cc1OCc1ccccc1Cl. The van der Waals surface area contributed by atoms with Crippen molar-refractivity contribution in [2.24, 2.45) is 10.7 Å². The Hall–Kier alpha value is -2.44. The fourth-order valence-corrected chi connectivity index (χ4v) is 3.12. The quantitative estimate of drug-likeness (QED) is 0.804. The van der Waals surface area contributed by atoms with E-state index in [0.29, 0.717) is 28.0 Å². The average molecular weight is 375 g/mol. The number of carbonyl (C=O) groups is 1. The molecule has 0 spiro atoms. The van der Waals surface area contributed by atoms with Crippen molar-refractivity contribution < 1.29 is 14.3 Å². The summed E-state index contributed by atoms with van der Waals surface area (Å²) in [5.41, 5.74) is 7.23. The van der Waals surface area contributed by atoms with Crippen molar-refractivity contribution >= 4 is 40.5 Å². The number of hydrogen-bond donors (Lipinski definition) is 1. The van der Waals surface area contributed by atoms with E-state index in [1.807, 2.05) is 30.3 Å². The van der Waals surface area contributed by atoms with Gasteiger partial charge >= 0.3 is 0 Å². The third-order valence-corrected chi connectivity index (χ3v) is 4.65. The fraction of sp³-hybridized carbons (Fsp3) is 0.111. The van der Waals surface area contributed by atoms with E-state index in [0.717, 1.165) is 22.9 Å². The van der Waals surface area contributed by atoms with Crippen molar-refractivity contribution in [3.05, 3.63) is 63.5 Å². The predicted octanol–water partition coefficient (Wildman–Crippen LogP) is 3.86. The lowest BCUT2D eigenvalue weighted by Gasteiger charge is -2.12. The second-order valence-corrected chi connectivity index (χ2v) is 6.63. The predicted molar refractivity (Wildman–Crippen MR) is 101 cm³/mol. The van der Waals surface area contributed by atoms with Gasteiger partial charge in [0.05, 0.1) is 12.0 Å². The Labute approximate surface area is 154 Å². The summed E-state index contributed by atoms with van der Waals surface area (Å²) in [5.74, 6) is 0.813. The third kappa shape index (κ3) is 4.15. The van der Waals surface area contributed by atoms with Gasteiger partial charge in [0.25, 0.3) is 5.91 Å². The minimum Gasteiger partial charge on any atom is -0.493 e. The number of methoxy groups -OCH3 is 1. The molecule has 1 amide bonds. The Balaban J connectivity index is 1.82. The van der Waals surface area contributed by atoms with Crippen molar-refractivity contribution in [1.82, 2.24) is 0 Å². The molecule has 1 aliphatic rings. The molecule has 0 unspecified atom stereocenters. The van der Waals surface area contributed by atoms with Gasteiger partial charge in [-0.3, -0.25) is 4.79 Å². The number of rotatable bonds is 5. The molecule has 3 rings (SSSR count). The molecule has 2 N–H and O–H groups in total. The molecule has 2 aromatic carbocycles. The highest BCUT2D eigenvalue weighted by atomic mass is 35.5. The Kier molecular flexibility index (Phi) is 5.31. The topological polar surface area (TPSA) is 73.9 Å². The first-order valence-corrected chi connectivity index (χ1v) is 8.58. The molecule has 1 aliphatic heterocycles. The number of ether oxygens (including phenoxy) is 2. The molecule has 5 nitrogen and oxygen atoms in total. The summed E-state index contributed by atoms with van der Waals surface area (Å²) >= 11 is 7.30. The summed E-state index contributed by atoms with van der Waals surface area (Å²) in [6.07, 6.45) is 1.72. The number of aliphatic imine (C=N–C) groups is 1. The van der Waals surface area contributed by atoms with Crippen molar-refractivity contribution in [3.8, 4) is 11.5 Å². The number of amides is 1. The zero-order valence-corrected chi connectivity index (χ0v) is 14.9. The summed E-state index contributed by atoms with van der Waals surface area (Å²) in [4.78, 5) is 15.9. The van der Waals surface area contributed by atoms with E-state index >= 15 is 0 Å². The number of hydrogen-bond acceptors (Lipinski definition) is 5. The van der Waals surface area contributed by atoms with E-state index in [-0.39, 0.29) is 11.1 Å². The zero-order valence-electron chi connectivity index (χ0n) is 13.4. The van der Waals surface area contributed by atoms with Crippen molar-refractivity contribution in [2.75, 3.05) is 7.11 Å². The van der Waals surface area contributed by atoms with E-state index in [9.17, 15) is 4.79 Å². The minimum atomic E-state index is -0.336. The first-order chi connectivity index (χ1) is 12.1. The van der Waals surface area contributed by atoms with Gasteiger partial charge in [0.1, 0.15) is 6.61 Å². The molecule has 0 radical (unpaired) electrons. The molecule has 0 atom stereocenters. The van der Waals surface area contributed by atoms with Crippen molar-refractivity contribution in [3.63, 3.8) is 0 Å². The number of halogens is 1. The largest absolute Gasteiger partial charge is 0.493 e. The van der Waals surface area contributed by atoms with E-state index in [1.165, 1.54) is 0 Å². The van der Waals surface area contributed by atoms with Crippen LogP contribution in [0.15, 0.2) is 52.4 Å². The van der Waals surface area contributed by atoms with Crippen LogP contribution in [0.5, 0.6) is 11.5 Å². The van der Waals surface area contributed by atoms with Gasteiger partial charge in [-0.25, -0.2) is 0 Å². The molecule has 2 aromatic rings. The normalized spacial score (nSPS) is 15.4. The lowest BCUT2D eigenvalue weighted by molar-refractivity contribution is -0.113. The minimum absolute atomic E-state index is 0.250. The van der Waals surface area contributed by atoms with Crippen LogP contribution in [0.2, 0.25) is 5.02 Å². The van der Waals surface area contributed by atoms with Gasteiger partial charge in [0.15, 0.2) is 16.7 Å². The number of nitrogens with two attached hydrogens (primary N) is 1. The van der Waals surface area contributed by atoms with E-state index in [1.54, 1.807) is 25.3 Å². The second-order valence-electron chi connectivity index (χ2n) is 5.16. The van der Waals surface area contributed by atoms with Crippen molar-refractivity contribution in [1.29, 1.82) is 0 Å². The molecule has 0 saturated heterocycles. The summed E-state index contributed by atoms with van der Waals surface area (Å²) in [7, 11) is 1.57. The molecule has 0 bridgehead atoms. The number of nitrogens with zero attached hydrogens (tertiary/aromatic N) is 1. The van der Waals surface area contributed by atoms with Gasteiger partial charge in [-0.05, 0) is 41.6 Å². The van der Waals surface area contributed by atoms with E-state index < -0.39 is 0 Å². The molecule has 128 valence electrons. The molecule has 25 heavy (non-hydrogen) atoms. The van der Waals surface area contributed by atoms with E-state index in [4.69, 9.17) is 26.8 Å². The third-order valence-electron chi connectivity index (χ3n) is 3.46. The Bertz CT molecular complexity index is 880. The van der Waals surface area contributed by atoms with Gasteiger partial charge in [0.2, 0.25) is 0 Å². The molecule has 0 fully saturated rings. The maximum atomic E-state index is 11.7. The van der Waals surface area contributed by atoms with Crippen LogP contribution < -0.4 is 15.2 Å². The van der Waals surface area contributed by atoms with Gasteiger partial charge in [-0.2, -0.15) is 4.99 Å². The highest BCUT2D eigenvalue weighted by Gasteiger charge is 2.19. The lowest BCUT2D eigenvalue weighted by atomic mass is 10.2. The highest BCUT2D eigenvalue weighted by Crippen LogP contribution is 2.32. The van der Waals surface area contributed by atoms with Gasteiger partial charge in [0, 0.05) is 10.6 Å². The standard InChI is InChI=1S/C18H15ClN2O3S/c1-23-14-7-6-11(9-16-17(22)21-18(20)25-16)8-15(14)24-10-12-4-2-3-5-13(12)19/h2-9H,10H2,1H3,(H2,20,21,22)/b16-9+. The first-order valence-electron chi connectivity index (χ1n) is 7.39. The fourth-order valence-electron chi connectivity index (χ4n) is 2.24. The van der Waals surface area contributed by atoms with Gasteiger partial charge < -0.3 is 15.2 Å². The summed E-state index contributed by atoms with van der Waals surface area (Å²) in [6, 6.07) is 12.9. The number of benzene rings is 2. The second kappa shape index (κ2) is 7.63. The Morgan fingerprint density at radius 1 is 1.24 bits per heavy atom. The first kappa shape index (κ1) is 17.4. The van der Waals surface area contributed by atoms with Crippen molar-refractivity contribution in [2.45, 2.75) is 6.61 Å². The van der Waals surface area contributed by atoms with Gasteiger partial charge in [-0.1, -0.05) is 35.9 Å². The van der Waals surface area contributed by atoms with Crippen LogP contribution in [-0.4, -0.2) is 18.2 Å². The van der Waals surface area contributed by atoms with E-state index in [2.05, 4.69) is 4.99 Å². The van der Waals surface area contributed by atoms with Gasteiger partial charge in [-0.15, -0.1) is 0 Å². The molecular weight excluding hydrogens is 360 g/mol. The lowest BCUT2D eigenvalue weighted by Crippen LogP contribution is -2.01. The zero-order chi connectivity index (χ0) is 17.8. The monoisotopic (exact) mass is 374 g/mol. The van der Waals surface area contributed by atoms with Crippen LogP contribution in [0.1, 0.15) is 11.1 Å². The number of amidine groups is 1. The van der Waals surface area contributed by atoms with Crippen LogP contribution in [0, 0.1) is 0 Å². The molecule has 0 aromatic heterocycles. The number of thioether (sulfide) groups is 1. The highest BCUT2D eigenvalue weighted by molar-refractivity contribution is 8.18. The average Bonchev–Trinajstić information content (AvgIpc) is 2.91. The maximum absolute atomic E-state index is 11.7. The maximum Gasteiger partial charge on any atom is 0.286 e. The Morgan fingerprint density at radius 2 is 2.04 bits per heavy atom. The summed E-state index contributed by atoms with van der Waals surface area (Å²) in [5, 5.41) is 0.889. The molecule has 7 heteroatoms. The molecule has 1 heterocycles.